The zero-order valence-corrected chi connectivity index (χ0v) is 12.2. The maximum Gasteiger partial charge on any atom is 0.328 e. The number of carbonyl (C=O) groups is 2. The van der Waals surface area contributed by atoms with Gasteiger partial charge >= 0.3 is 5.97 Å². The van der Waals surface area contributed by atoms with Gasteiger partial charge in [-0.2, -0.15) is 0 Å². The van der Waals surface area contributed by atoms with Gasteiger partial charge in [0.05, 0.1) is 7.11 Å². The van der Waals surface area contributed by atoms with E-state index in [-0.39, 0.29) is 11.9 Å². The lowest BCUT2D eigenvalue weighted by Gasteiger charge is -2.35. The Labute approximate surface area is 123 Å². The first kappa shape index (κ1) is 14.9. The van der Waals surface area contributed by atoms with Crippen molar-refractivity contribution in [2.75, 3.05) is 13.0 Å². The number of esters is 1. The first-order valence-corrected chi connectivity index (χ1v) is 7.21. The molecule has 0 spiro atoms. The van der Waals surface area contributed by atoms with Gasteiger partial charge in [0.15, 0.2) is 0 Å². The Kier molecular flexibility index (Phi) is 5.01. The maximum atomic E-state index is 12.3. The molecule has 0 fully saturated rings. The minimum absolute atomic E-state index is 0.0458. The maximum absolute atomic E-state index is 12.3. The molecule has 0 saturated carbocycles. The van der Waals surface area contributed by atoms with Crippen LogP contribution in [0.1, 0.15) is 24.0 Å². The second-order valence-electron chi connectivity index (χ2n) is 4.83. The molecule has 0 bridgehead atoms. The highest BCUT2D eigenvalue weighted by Gasteiger charge is 2.34. The van der Waals surface area contributed by atoms with Crippen LogP contribution in [0.25, 0.3) is 0 Å². The zero-order valence-electron chi connectivity index (χ0n) is 11.5. The standard InChI is InChI=1S/C15H18ClNO3/c1-20-15(19)13-9-11-5-2-3-6-12(11)10-17(13)14(18)7-4-8-16/h2-3,5-6,13H,4,7-10H2,1H3. The van der Waals surface area contributed by atoms with Gasteiger partial charge in [0.2, 0.25) is 5.91 Å². The minimum Gasteiger partial charge on any atom is -0.467 e. The van der Waals surface area contributed by atoms with Crippen LogP contribution in [-0.4, -0.2) is 35.8 Å². The average Bonchev–Trinajstić information content (AvgIpc) is 2.50. The summed E-state index contributed by atoms with van der Waals surface area (Å²) < 4.78 is 4.83. The summed E-state index contributed by atoms with van der Waals surface area (Å²) in [5.41, 5.74) is 2.19. The fourth-order valence-electron chi connectivity index (χ4n) is 2.49. The van der Waals surface area contributed by atoms with Crippen LogP contribution in [0, 0.1) is 0 Å². The lowest BCUT2D eigenvalue weighted by Crippen LogP contribution is -2.49. The molecule has 5 heteroatoms. The van der Waals surface area contributed by atoms with Gasteiger partial charge in [0.25, 0.3) is 0 Å². The Morgan fingerprint density at radius 1 is 1.35 bits per heavy atom. The molecule has 0 aliphatic carbocycles. The highest BCUT2D eigenvalue weighted by atomic mass is 35.5. The van der Waals surface area contributed by atoms with Gasteiger partial charge in [0, 0.05) is 25.3 Å². The summed E-state index contributed by atoms with van der Waals surface area (Å²) in [7, 11) is 1.35. The summed E-state index contributed by atoms with van der Waals surface area (Å²) in [4.78, 5) is 25.8. The van der Waals surface area contributed by atoms with Crippen LogP contribution >= 0.6 is 11.6 Å². The van der Waals surface area contributed by atoms with Crippen molar-refractivity contribution in [3.05, 3.63) is 35.4 Å². The number of nitrogens with zero attached hydrogens (tertiary/aromatic N) is 1. The third-order valence-corrected chi connectivity index (χ3v) is 3.83. The van der Waals surface area contributed by atoms with Crippen molar-refractivity contribution in [2.24, 2.45) is 0 Å². The first-order chi connectivity index (χ1) is 9.67. The third-order valence-electron chi connectivity index (χ3n) is 3.57. The zero-order chi connectivity index (χ0) is 14.5. The molecule has 1 aromatic rings. The molecule has 20 heavy (non-hydrogen) atoms. The third kappa shape index (κ3) is 3.12. The van der Waals surface area contributed by atoms with Crippen LogP contribution in [-0.2, 0) is 27.3 Å². The van der Waals surface area contributed by atoms with Crippen molar-refractivity contribution >= 4 is 23.5 Å². The Morgan fingerprint density at radius 3 is 2.70 bits per heavy atom. The number of amides is 1. The summed E-state index contributed by atoms with van der Waals surface area (Å²) in [6.45, 7) is 0.455. The van der Waals surface area contributed by atoms with Crippen molar-refractivity contribution in [3.8, 4) is 0 Å². The molecule has 0 saturated heterocycles. The van der Waals surface area contributed by atoms with Gasteiger partial charge in [-0.25, -0.2) is 4.79 Å². The Balaban J connectivity index is 2.23. The SMILES string of the molecule is COC(=O)C1Cc2ccccc2CN1C(=O)CCCCl. The minimum atomic E-state index is -0.530. The molecule has 1 aromatic carbocycles. The molecule has 1 heterocycles. The van der Waals surface area contributed by atoms with E-state index in [0.29, 0.717) is 31.7 Å². The summed E-state index contributed by atoms with van der Waals surface area (Å²) in [6, 6.07) is 7.34. The van der Waals surface area contributed by atoms with Gasteiger partial charge in [-0.3, -0.25) is 4.79 Å². The smallest absolute Gasteiger partial charge is 0.328 e. The van der Waals surface area contributed by atoms with E-state index >= 15 is 0 Å². The fraction of sp³-hybridized carbons (Fsp3) is 0.467. The molecule has 1 amide bonds. The van der Waals surface area contributed by atoms with E-state index in [9.17, 15) is 9.59 Å². The van der Waals surface area contributed by atoms with Crippen LogP contribution in [0.3, 0.4) is 0 Å². The molecular weight excluding hydrogens is 278 g/mol. The van der Waals surface area contributed by atoms with Gasteiger partial charge in [-0.1, -0.05) is 24.3 Å². The largest absolute Gasteiger partial charge is 0.467 e. The van der Waals surface area contributed by atoms with E-state index in [1.165, 1.54) is 7.11 Å². The average molecular weight is 296 g/mol. The quantitative estimate of drug-likeness (QED) is 0.631. The Morgan fingerprint density at radius 2 is 2.05 bits per heavy atom. The number of hydrogen-bond acceptors (Lipinski definition) is 3. The summed E-state index contributed by atoms with van der Waals surface area (Å²) in [5, 5.41) is 0. The number of fused-ring (bicyclic) bond motifs is 1. The lowest BCUT2D eigenvalue weighted by atomic mass is 9.93. The molecule has 1 atom stereocenters. The second-order valence-corrected chi connectivity index (χ2v) is 5.20. The molecule has 0 N–H and O–H groups in total. The van der Waals surface area contributed by atoms with Gasteiger partial charge in [-0.15, -0.1) is 11.6 Å². The molecule has 108 valence electrons. The van der Waals surface area contributed by atoms with E-state index < -0.39 is 6.04 Å². The number of benzene rings is 1. The van der Waals surface area contributed by atoms with Crippen molar-refractivity contribution < 1.29 is 14.3 Å². The normalized spacial score (nSPS) is 17.5. The molecule has 1 aliphatic heterocycles. The lowest BCUT2D eigenvalue weighted by molar-refractivity contribution is -0.154. The number of ether oxygens (including phenoxy) is 1. The summed E-state index contributed by atoms with van der Waals surface area (Å²) in [5.74, 6) is 0.0354. The van der Waals surface area contributed by atoms with E-state index in [4.69, 9.17) is 16.3 Å². The van der Waals surface area contributed by atoms with Crippen molar-refractivity contribution in [1.82, 2.24) is 4.90 Å². The second kappa shape index (κ2) is 6.75. The van der Waals surface area contributed by atoms with Gasteiger partial charge in [0.1, 0.15) is 6.04 Å². The first-order valence-electron chi connectivity index (χ1n) is 6.67. The Bertz CT molecular complexity index is 504. The molecule has 2 rings (SSSR count). The highest BCUT2D eigenvalue weighted by molar-refractivity contribution is 6.17. The Hall–Kier alpha value is -1.55. The summed E-state index contributed by atoms with van der Waals surface area (Å²) in [6.07, 6.45) is 1.49. The number of methoxy groups -OCH3 is 1. The van der Waals surface area contributed by atoms with E-state index in [0.717, 1.165) is 11.1 Å². The van der Waals surface area contributed by atoms with Crippen LogP contribution in [0.4, 0.5) is 0 Å². The number of alkyl halides is 1. The molecule has 4 nitrogen and oxygen atoms in total. The van der Waals surface area contributed by atoms with Crippen molar-refractivity contribution in [3.63, 3.8) is 0 Å². The van der Waals surface area contributed by atoms with E-state index in [1.807, 2.05) is 24.3 Å². The topological polar surface area (TPSA) is 46.6 Å². The molecule has 0 radical (unpaired) electrons. The van der Waals surface area contributed by atoms with Gasteiger partial charge in [-0.05, 0) is 17.5 Å². The predicted molar refractivity (Wildman–Crippen MR) is 76.5 cm³/mol. The number of hydrogen-bond donors (Lipinski definition) is 0. The van der Waals surface area contributed by atoms with Crippen LogP contribution in [0.15, 0.2) is 24.3 Å². The summed E-state index contributed by atoms with van der Waals surface area (Å²) >= 11 is 5.63. The van der Waals surface area contributed by atoms with Crippen LogP contribution in [0.2, 0.25) is 0 Å². The monoisotopic (exact) mass is 295 g/mol. The molecule has 0 aromatic heterocycles. The van der Waals surface area contributed by atoms with Crippen LogP contribution in [0.5, 0.6) is 0 Å². The number of halogens is 1. The highest BCUT2D eigenvalue weighted by Crippen LogP contribution is 2.24. The van der Waals surface area contributed by atoms with Crippen molar-refractivity contribution in [1.29, 1.82) is 0 Å². The van der Waals surface area contributed by atoms with Gasteiger partial charge < -0.3 is 9.64 Å². The van der Waals surface area contributed by atoms with E-state index in [2.05, 4.69) is 0 Å². The number of rotatable bonds is 4. The van der Waals surface area contributed by atoms with Crippen molar-refractivity contribution in [2.45, 2.75) is 31.8 Å². The molecule has 1 aliphatic rings. The molecular formula is C15H18ClNO3. The fourth-order valence-corrected chi connectivity index (χ4v) is 2.63. The predicted octanol–water partition coefficient (Wildman–Crippen LogP) is 2.13. The number of carbonyl (C=O) groups excluding carboxylic acids is 2. The molecule has 1 unspecified atom stereocenters. The van der Waals surface area contributed by atoms with Crippen LogP contribution < -0.4 is 0 Å². The van der Waals surface area contributed by atoms with E-state index in [1.54, 1.807) is 4.90 Å².